The molecular weight excluding hydrogens is 417 g/mol. The van der Waals surface area contributed by atoms with Crippen LogP contribution in [0.25, 0.3) is 5.57 Å². The van der Waals surface area contributed by atoms with Gasteiger partial charge in [-0.2, -0.15) is 0 Å². The lowest BCUT2D eigenvalue weighted by Crippen LogP contribution is -2.40. The standard InChI is InChI=1S/C23H22FN3O5/c24-18-7-3-15(4-8-18)13-26-22(29)20(17-5-9-19(10-6-17)27(31)32)21(23(26)30)25-11-1-2-16(12-25)14-28/h3-10,16,28H,1-2,11-14H2. The highest BCUT2D eigenvalue weighted by molar-refractivity contribution is 6.35. The van der Waals surface area contributed by atoms with Crippen molar-refractivity contribution in [3.63, 3.8) is 0 Å². The normalized spacial score (nSPS) is 19.1. The Kier molecular flexibility index (Phi) is 6.00. The van der Waals surface area contributed by atoms with Crippen LogP contribution in [-0.4, -0.2) is 51.3 Å². The molecule has 1 unspecified atom stereocenters. The lowest BCUT2D eigenvalue weighted by molar-refractivity contribution is -0.384. The Morgan fingerprint density at radius 3 is 2.38 bits per heavy atom. The summed E-state index contributed by atoms with van der Waals surface area (Å²) in [5, 5.41) is 20.6. The topological polar surface area (TPSA) is 104 Å². The van der Waals surface area contributed by atoms with E-state index in [1.807, 2.05) is 4.90 Å². The number of carbonyl (C=O) groups is 2. The van der Waals surface area contributed by atoms with E-state index in [-0.39, 0.29) is 36.0 Å². The van der Waals surface area contributed by atoms with E-state index in [2.05, 4.69) is 0 Å². The van der Waals surface area contributed by atoms with Gasteiger partial charge in [0.15, 0.2) is 0 Å². The van der Waals surface area contributed by atoms with E-state index < -0.39 is 22.6 Å². The van der Waals surface area contributed by atoms with Gasteiger partial charge in [-0.15, -0.1) is 0 Å². The van der Waals surface area contributed by atoms with Crippen molar-refractivity contribution in [2.24, 2.45) is 5.92 Å². The number of nitro benzene ring substituents is 1. The zero-order chi connectivity index (χ0) is 22.8. The molecule has 2 amide bonds. The average Bonchev–Trinajstić information content (AvgIpc) is 3.05. The Balaban J connectivity index is 1.73. The van der Waals surface area contributed by atoms with Gasteiger partial charge in [0, 0.05) is 31.8 Å². The second-order valence-corrected chi connectivity index (χ2v) is 7.99. The number of carbonyl (C=O) groups excluding carboxylic acids is 2. The van der Waals surface area contributed by atoms with Gasteiger partial charge in [0.25, 0.3) is 17.5 Å². The van der Waals surface area contributed by atoms with Crippen molar-refractivity contribution in [1.82, 2.24) is 9.80 Å². The van der Waals surface area contributed by atoms with Gasteiger partial charge < -0.3 is 10.0 Å². The van der Waals surface area contributed by atoms with Crippen LogP contribution in [-0.2, 0) is 16.1 Å². The summed E-state index contributed by atoms with van der Waals surface area (Å²) in [6, 6.07) is 11.1. The van der Waals surface area contributed by atoms with Crippen molar-refractivity contribution in [3.05, 3.63) is 81.3 Å². The number of likely N-dealkylation sites (tertiary alicyclic amines) is 1. The molecule has 0 saturated carbocycles. The zero-order valence-electron chi connectivity index (χ0n) is 17.2. The number of nitrogens with zero attached hydrogens (tertiary/aromatic N) is 3. The first-order chi connectivity index (χ1) is 15.4. The van der Waals surface area contributed by atoms with Gasteiger partial charge in [0.2, 0.25) is 0 Å². The van der Waals surface area contributed by atoms with Gasteiger partial charge in [-0.1, -0.05) is 12.1 Å². The number of nitro groups is 1. The molecule has 32 heavy (non-hydrogen) atoms. The number of non-ortho nitro benzene ring substituents is 1. The Labute approximate surface area is 183 Å². The second-order valence-electron chi connectivity index (χ2n) is 7.99. The van der Waals surface area contributed by atoms with Gasteiger partial charge in [0.05, 0.1) is 17.0 Å². The van der Waals surface area contributed by atoms with Crippen LogP contribution in [0.3, 0.4) is 0 Å². The first-order valence-electron chi connectivity index (χ1n) is 10.3. The number of hydrogen-bond acceptors (Lipinski definition) is 6. The van der Waals surface area contributed by atoms with Crippen LogP contribution >= 0.6 is 0 Å². The molecule has 2 aliphatic rings. The molecule has 0 aliphatic carbocycles. The minimum Gasteiger partial charge on any atom is -0.396 e. The van der Waals surface area contributed by atoms with Crippen molar-refractivity contribution in [1.29, 1.82) is 0 Å². The molecule has 2 aliphatic heterocycles. The summed E-state index contributed by atoms with van der Waals surface area (Å²) < 4.78 is 13.3. The molecule has 4 rings (SSSR count). The Morgan fingerprint density at radius 1 is 1.06 bits per heavy atom. The fourth-order valence-electron chi connectivity index (χ4n) is 4.20. The van der Waals surface area contributed by atoms with Gasteiger partial charge in [-0.3, -0.25) is 24.6 Å². The van der Waals surface area contributed by atoms with Crippen LogP contribution < -0.4 is 0 Å². The number of imide groups is 1. The number of piperidine rings is 1. The van der Waals surface area contributed by atoms with E-state index >= 15 is 0 Å². The van der Waals surface area contributed by atoms with Crippen LogP contribution in [0.4, 0.5) is 10.1 Å². The fourth-order valence-corrected chi connectivity index (χ4v) is 4.20. The smallest absolute Gasteiger partial charge is 0.278 e. The number of halogens is 1. The first-order valence-corrected chi connectivity index (χ1v) is 10.3. The summed E-state index contributed by atoms with van der Waals surface area (Å²) in [5.74, 6) is -1.40. The minimum absolute atomic E-state index is 0.0107. The van der Waals surface area contributed by atoms with E-state index in [9.17, 15) is 29.2 Å². The number of amides is 2. The predicted octanol–water partition coefficient (Wildman–Crippen LogP) is 2.72. The van der Waals surface area contributed by atoms with E-state index in [0.717, 1.165) is 17.7 Å². The van der Waals surface area contributed by atoms with Gasteiger partial charge in [-0.25, -0.2) is 4.39 Å². The van der Waals surface area contributed by atoms with Crippen LogP contribution in [0.5, 0.6) is 0 Å². The molecule has 2 heterocycles. The first kappa shape index (κ1) is 21.6. The van der Waals surface area contributed by atoms with Crippen LogP contribution in [0.1, 0.15) is 24.0 Å². The van der Waals surface area contributed by atoms with Gasteiger partial charge in [-0.05, 0) is 54.2 Å². The zero-order valence-corrected chi connectivity index (χ0v) is 17.2. The monoisotopic (exact) mass is 439 g/mol. The molecule has 0 aromatic heterocycles. The van der Waals surface area contributed by atoms with Crippen molar-refractivity contribution in [2.75, 3.05) is 19.7 Å². The summed E-state index contributed by atoms with van der Waals surface area (Å²) in [6.07, 6.45) is 1.59. The molecule has 0 bridgehead atoms. The third-order valence-corrected chi connectivity index (χ3v) is 5.86. The molecule has 1 N–H and O–H groups in total. The minimum atomic E-state index is -0.530. The van der Waals surface area contributed by atoms with Crippen LogP contribution in [0, 0.1) is 21.8 Å². The quantitative estimate of drug-likeness (QED) is 0.422. The largest absolute Gasteiger partial charge is 0.396 e. The maximum atomic E-state index is 13.4. The van der Waals surface area contributed by atoms with Crippen LogP contribution in [0.15, 0.2) is 54.2 Å². The number of benzene rings is 2. The molecule has 0 spiro atoms. The Bertz CT molecular complexity index is 1080. The van der Waals surface area contributed by atoms with Crippen molar-refractivity contribution >= 4 is 23.1 Å². The average molecular weight is 439 g/mol. The third kappa shape index (κ3) is 4.11. The third-order valence-electron chi connectivity index (χ3n) is 5.86. The highest BCUT2D eigenvalue weighted by atomic mass is 19.1. The summed E-state index contributed by atoms with van der Waals surface area (Å²) in [6.45, 7) is 0.963. The molecule has 9 heteroatoms. The molecular formula is C23H22FN3O5. The maximum absolute atomic E-state index is 13.4. The van der Waals surface area contributed by atoms with Gasteiger partial charge >= 0.3 is 0 Å². The maximum Gasteiger partial charge on any atom is 0.278 e. The molecule has 1 fully saturated rings. The van der Waals surface area contributed by atoms with Crippen molar-refractivity contribution in [3.8, 4) is 0 Å². The number of rotatable bonds is 6. The lowest BCUT2D eigenvalue weighted by Gasteiger charge is -2.34. The highest BCUT2D eigenvalue weighted by Gasteiger charge is 2.42. The van der Waals surface area contributed by atoms with E-state index in [1.165, 1.54) is 48.5 Å². The Hall–Kier alpha value is -3.59. The summed E-state index contributed by atoms with van der Waals surface area (Å²) >= 11 is 0. The van der Waals surface area contributed by atoms with E-state index in [0.29, 0.717) is 24.2 Å². The lowest BCUT2D eigenvalue weighted by atomic mass is 9.97. The van der Waals surface area contributed by atoms with Crippen LogP contribution in [0.2, 0.25) is 0 Å². The molecule has 2 aromatic carbocycles. The fraction of sp³-hybridized carbons (Fsp3) is 0.304. The van der Waals surface area contributed by atoms with Crippen molar-refractivity contribution in [2.45, 2.75) is 19.4 Å². The van der Waals surface area contributed by atoms with E-state index in [1.54, 1.807) is 0 Å². The molecule has 1 saturated heterocycles. The number of aliphatic hydroxyl groups is 1. The van der Waals surface area contributed by atoms with Gasteiger partial charge in [0.1, 0.15) is 11.5 Å². The van der Waals surface area contributed by atoms with E-state index in [4.69, 9.17) is 0 Å². The molecule has 2 aromatic rings. The second kappa shape index (κ2) is 8.88. The molecule has 1 atom stereocenters. The molecule has 166 valence electrons. The predicted molar refractivity (Wildman–Crippen MR) is 113 cm³/mol. The summed E-state index contributed by atoms with van der Waals surface area (Å²) in [7, 11) is 0. The molecule has 8 nitrogen and oxygen atoms in total. The number of aliphatic hydroxyl groups excluding tert-OH is 1. The summed E-state index contributed by atoms with van der Waals surface area (Å²) in [4.78, 5) is 40.2. The Morgan fingerprint density at radius 2 is 1.75 bits per heavy atom. The van der Waals surface area contributed by atoms with Crippen molar-refractivity contribution < 1.29 is 24.0 Å². The highest BCUT2D eigenvalue weighted by Crippen LogP contribution is 2.35. The molecule has 0 radical (unpaired) electrons. The SMILES string of the molecule is O=C1C(c2ccc([N+](=O)[O-])cc2)=C(N2CCCC(CO)C2)C(=O)N1Cc1ccc(F)cc1. The number of hydrogen-bond donors (Lipinski definition) is 1. The summed E-state index contributed by atoms with van der Waals surface area (Å²) in [5.41, 5.74) is 1.32.